The van der Waals surface area contributed by atoms with Crippen LogP contribution in [0.1, 0.15) is 5.56 Å². The minimum absolute atomic E-state index is 0.519. The summed E-state index contributed by atoms with van der Waals surface area (Å²) in [6.07, 6.45) is 1.73. The number of para-hydroxylation sites is 1. The van der Waals surface area contributed by atoms with Crippen LogP contribution in [0.3, 0.4) is 0 Å². The Hall–Kier alpha value is -1.74. The minimum atomic E-state index is 0.519. The maximum absolute atomic E-state index is 5.94. The van der Waals surface area contributed by atoms with E-state index in [2.05, 4.69) is 16.0 Å². The van der Waals surface area contributed by atoms with E-state index in [1.54, 1.807) is 6.20 Å². The number of halogens is 1. The van der Waals surface area contributed by atoms with Crippen LogP contribution in [0.5, 0.6) is 5.75 Å². The number of aromatic nitrogens is 1. The summed E-state index contributed by atoms with van der Waals surface area (Å²) in [5.41, 5.74) is 2.28. The number of hydrogen-bond donors (Lipinski definition) is 0. The fourth-order valence-corrected chi connectivity index (χ4v) is 2.30. The Balaban J connectivity index is 1.91. The number of pyridine rings is 1. The number of hydrogen-bond acceptors (Lipinski definition) is 3. The number of benzene rings is 1. The molecule has 1 aromatic carbocycles. The molecule has 0 saturated carbocycles. The average Bonchev–Trinajstić information content (AvgIpc) is 2.60. The van der Waals surface area contributed by atoms with Crippen LogP contribution >= 0.6 is 11.6 Å². The van der Waals surface area contributed by atoms with Gasteiger partial charge < -0.3 is 9.64 Å². The summed E-state index contributed by atoms with van der Waals surface area (Å²) < 4.78 is 5.74. The highest BCUT2D eigenvalue weighted by Gasteiger charge is 2.15. The molecule has 1 aliphatic rings. The topological polar surface area (TPSA) is 25.4 Å². The average molecular weight is 261 g/mol. The molecule has 0 N–H and O–H groups in total. The van der Waals surface area contributed by atoms with Crippen LogP contribution in [-0.4, -0.2) is 18.1 Å². The molecule has 0 amide bonds. The fraction of sp³-hybridized carbons (Fsp3) is 0.214. The Morgan fingerprint density at radius 1 is 1.22 bits per heavy atom. The maximum atomic E-state index is 5.94. The van der Waals surface area contributed by atoms with E-state index in [1.165, 1.54) is 5.56 Å². The Labute approximate surface area is 111 Å². The second-order valence-corrected chi connectivity index (χ2v) is 4.60. The molecule has 0 bridgehead atoms. The number of rotatable bonds is 1. The fourth-order valence-electron chi connectivity index (χ4n) is 2.14. The Kier molecular flexibility index (Phi) is 3.07. The van der Waals surface area contributed by atoms with Crippen LogP contribution in [0.4, 0.5) is 5.69 Å². The third kappa shape index (κ3) is 2.27. The molecule has 92 valence electrons. The van der Waals surface area contributed by atoms with Crippen LogP contribution < -0.4 is 9.64 Å². The van der Waals surface area contributed by atoms with E-state index in [4.69, 9.17) is 16.3 Å². The molecule has 0 radical (unpaired) electrons. The van der Waals surface area contributed by atoms with Gasteiger partial charge >= 0.3 is 0 Å². The van der Waals surface area contributed by atoms with Gasteiger partial charge in [-0.15, -0.1) is 0 Å². The number of ether oxygens (including phenoxy) is 1. The molecule has 2 aromatic rings. The summed E-state index contributed by atoms with van der Waals surface area (Å²) in [6.45, 7) is 2.35. The normalized spacial score (nSPS) is 14.6. The lowest BCUT2D eigenvalue weighted by molar-refractivity contribution is 0.331. The molecular formula is C14H13ClN2O. The zero-order chi connectivity index (χ0) is 12.4. The molecule has 0 unspecified atom stereocenters. The predicted octanol–water partition coefficient (Wildman–Crippen LogP) is 3.13. The van der Waals surface area contributed by atoms with Gasteiger partial charge in [0.2, 0.25) is 0 Å². The molecule has 1 aliphatic heterocycles. The molecule has 2 heterocycles. The lowest BCUT2D eigenvalue weighted by Gasteiger charge is -2.21. The maximum Gasteiger partial charge on any atom is 0.131 e. The Bertz CT molecular complexity index is 559. The molecule has 0 atom stereocenters. The predicted molar refractivity (Wildman–Crippen MR) is 72.2 cm³/mol. The highest BCUT2D eigenvalue weighted by Crippen LogP contribution is 2.26. The van der Waals surface area contributed by atoms with E-state index in [0.717, 1.165) is 24.5 Å². The summed E-state index contributed by atoms with van der Waals surface area (Å²) in [4.78, 5) is 6.26. The van der Waals surface area contributed by atoms with Gasteiger partial charge in [-0.05, 0) is 18.2 Å². The largest absolute Gasteiger partial charge is 0.491 e. The Morgan fingerprint density at radius 2 is 2.11 bits per heavy atom. The molecule has 18 heavy (non-hydrogen) atoms. The van der Waals surface area contributed by atoms with Crippen LogP contribution in [-0.2, 0) is 6.54 Å². The van der Waals surface area contributed by atoms with Crippen molar-refractivity contribution in [2.45, 2.75) is 6.54 Å². The van der Waals surface area contributed by atoms with Gasteiger partial charge in [-0.3, -0.25) is 0 Å². The summed E-state index contributed by atoms with van der Waals surface area (Å²) in [7, 11) is 0. The molecule has 3 nitrogen and oxygen atoms in total. The van der Waals surface area contributed by atoms with Crippen molar-refractivity contribution in [3.63, 3.8) is 0 Å². The molecule has 4 heteroatoms. The van der Waals surface area contributed by atoms with Crippen LogP contribution in [0, 0.1) is 0 Å². The minimum Gasteiger partial charge on any atom is -0.491 e. The monoisotopic (exact) mass is 260 g/mol. The first-order valence-electron chi connectivity index (χ1n) is 5.90. The highest BCUT2D eigenvalue weighted by atomic mass is 35.5. The van der Waals surface area contributed by atoms with Crippen molar-refractivity contribution in [1.82, 2.24) is 4.98 Å². The standard InChI is InChI=1S/C14H13ClN2O/c15-14-9-12(5-6-16-14)17-7-8-18-13-4-2-1-3-11(13)10-17/h1-6,9H,7-8,10H2. The second kappa shape index (κ2) is 4.86. The van der Waals surface area contributed by atoms with E-state index < -0.39 is 0 Å². The van der Waals surface area contributed by atoms with Gasteiger partial charge in [0.05, 0.1) is 6.54 Å². The molecule has 0 fully saturated rings. The summed E-state index contributed by atoms with van der Waals surface area (Å²) in [5.74, 6) is 0.972. The zero-order valence-electron chi connectivity index (χ0n) is 9.84. The van der Waals surface area contributed by atoms with E-state index in [1.807, 2.05) is 30.3 Å². The van der Waals surface area contributed by atoms with Gasteiger partial charge in [-0.2, -0.15) is 0 Å². The van der Waals surface area contributed by atoms with Gasteiger partial charge in [-0.25, -0.2) is 4.98 Å². The van der Waals surface area contributed by atoms with E-state index >= 15 is 0 Å². The van der Waals surface area contributed by atoms with Gasteiger partial charge in [0.1, 0.15) is 17.5 Å². The smallest absolute Gasteiger partial charge is 0.131 e. The van der Waals surface area contributed by atoms with Crippen molar-refractivity contribution >= 4 is 17.3 Å². The molecule has 0 saturated heterocycles. The van der Waals surface area contributed by atoms with Crippen LogP contribution in [0.15, 0.2) is 42.6 Å². The van der Waals surface area contributed by atoms with E-state index in [9.17, 15) is 0 Å². The van der Waals surface area contributed by atoms with Crippen molar-refractivity contribution < 1.29 is 4.74 Å². The third-order valence-electron chi connectivity index (χ3n) is 3.03. The van der Waals surface area contributed by atoms with Gasteiger partial charge in [0, 0.05) is 24.0 Å². The molecule has 3 rings (SSSR count). The van der Waals surface area contributed by atoms with E-state index in [0.29, 0.717) is 11.8 Å². The third-order valence-corrected chi connectivity index (χ3v) is 3.23. The van der Waals surface area contributed by atoms with Crippen LogP contribution in [0.2, 0.25) is 5.15 Å². The zero-order valence-corrected chi connectivity index (χ0v) is 10.6. The molecule has 0 spiro atoms. The van der Waals surface area contributed by atoms with Crippen molar-refractivity contribution in [3.8, 4) is 5.75 Å². The number of fused-ring (bicyclic) bond motifs is 1. The first-order chi connectivity index (χ1) is 8.83. The first kappa shape index (κ1) is 11.4. The van der Waals surface area contributed by atoms with E-state index in [-0.39, 0.29) is 0 Å². The number of nitrogens with zero attached hydrogens (tertiary/aromatic N) is 2. The van der Waals surface area contributed by atoms with Gasteiger partial charge in [-0.1, -0.05) is 29.8 Å². The lowest BCUT2D eigenvalue weighted by atomic mass is 10.2. The van der Waals surface area contributed by atoms with Crippen molar-refractivity contribution in [2.75, 3.05) is 18.1 Å². The van der Waals surface area contributed by atoms with Crippen LogP contribution in [0.25, 0.3) is 0 Å². The van der Waals surface area contributed by atoms with Gasteiger partial charge in [0.15, 0.2) is 0 Å². The van der Waals surface area contributed by atoms with Crippen molar-refractivity contribution in [2.24, 2.45) is 0 Å². The molecular weight excluding hydrogens is 248 g/mol. The molecule has 1 aromatic heterocycles. The summed E-state index contributed by atoms with van der Waals surface area (Å²) in [6, 6.07) is 12.0. The molecule has 0 aliphatic carbocycles. The first-order valence-corrected chi connectivity index (χ1v) is 6.28. The van der Waals surface area contributed by atoms with Crippen molar-refractivity contribution in [3.05, 3.63) is 53.3 Å². The lowest BCUT2D eigenvalue weighted by Crippen LogP contribution is -2.25. The summed E-state index contributed by atoms with van der Waals surface area (Å²) >= 11 is 5.94. The SMILES string of the molecule is Clc1cc(N2CCOc3ccccc3C2)ccn1. The van der Waals surface area contributed by atoms with Gasteiger partial charge in [0.25, 0.3) is 0 Å². The Morgan fingerprint density at radius 3 is 3.00 bits per heavy atom. The summed E-state index contributed by atoms with van der Waals surface area (Å²) in [5, 5.41) is 0.519. The number of anilines is 1. The second-order valence-electron chi connectivity index (χ2n) is 4.21. The highest BCUT2D eigenvalue weighted by molar-refractivity contribution is 6.29. The van der Waals surface area contributed by atoms with Crippen molar-refractivity contribution in [1.29, 1.82) is 0 Å². The quantitative estimate of drug-likeness (QED) is 0.737.